The largest absolute Gasteiger partial charge is 0.444 e. The fourth-order valence-electron chi connectivity index (χ4n) is 6.34. The predicted molar refractivity (Wildman–Crippen MR) is 148 cm³/mol. The molecular formula is C29H39N7O3. The van der Waals surface area contributed by atoms with E-state index in [1.807, 2.05) is 47.7 Å². The van der Waals surface area contributed by atoms with Gasteiger partial charge < -0.3 is 24.2 Å². The predicted octanol–water partition coefficient (Wildman–Crippen LogP) is 4.41. The highest BCUT2D eigenvalue weighted by Gasteiger charge is 2.57. The quantitative estimate of drug-likeness (QED) is 0.567. The first-order chi connectivity index (χ1) is 18.6. The summed E-state index contributed by atoms with van der Waals surface area (Å²) in [5, 5.41) is 9.42. The average molecular weight is 534 g/mol. The highest BCUT2D eigenvalue weighted by molar-refractivity contribution is 5.75. The van der Waals surface area contributed by atoms with Crippen molar-refractivity contribution in [2.24, 2.45) is 5.41 Å². The lowest BCUT2D eigenvalue weighted by Gasteiger charge is -2.45. The number of fused-ring (bicyclic) bond motifs is 2. The Hall–Kier alpha value is -3.45. The van der Waals surface area contributed by atoms with Crippen molar-refractivity contribution in [2.75, 3.05) is 49.7 Å². The van der Waals surface area contributed by atoms with Gasteiger partial charge in [0.2, 0.25) is 0 Å². The van der Waals surface area contributed by atoms with Crippen LogP contribution in [0, 0.1) is 16.7 Å². The number of carbonyl (C=O) groups is 1. The molecule has 39 heavy (non-hydrogen) atoms. The third-order valence-electron chi connectivity index (χ3n) is 8.35. The van der Waals surface area contributed by atoms with Crippen LogP contribution >= 0.6 is 0 Å². The van der Waals surface area contributed by atoms with Gasteiger partial charge in [0.05, 0.1) is 36.3 Å². The highest BCUT2D eigenvalue weighted by Crippen LogP contribution is 2.57. The van der Waals surface area contributed by atoms with Crippen LogP contribution in [0.4, 0.5) is 22.2 Å². The number of carbonyl (C=O) groups excluding carboxylic acids is 1. The zero-order chi connectivity index (χ0) is 28.0. The molecular weight excluding hydrogens is 494 g/mol. The number of ether oxygens (including phenoxy) is 2. The third kappa shape index (κ3) is 4.56. The van der Waals surface area contributed by atoms with Crippen molar-refractivity contribution in [2.45, 2.75) is 70.9 Å². The molecule has 6 rings (SSSR count). The summed E-state index contributed by atoms with van der Waals surface area (Å²) in [6.07, 6.45) is 6.29. The minimum Gasteiger partial charge on any atom is -0.444 e. The van der Waals surface area contributed by atoms with Gasteiger partial charge in [-0.05, 0) is 45.7 Å². The molecule has 0 aromatic carbocycles. The summed E-state index contributed by atoms with van der Waals surface area (Å²) in [5.41, 5.74) is 1.000. The monoisotopic (exact) mass is 533 g/mol. The molecule has 0 N–H and O–H groups in total. The Balaban J connectivity index is 0.00000151. The van der Waals surface area contributed by atoms with Crippen LogP contribution in [0.3, 0.4) is 0 Å². The fraction of sp³-hybridized carbons (Fsp3) is 0.621. The highest BCUT2D eigenvalue weighted by atomic mass is 16.6. The summed E-state index contributed by atoms with van der Waals surface area (Å²) in [6.45, 7) is 13.1. The zero-order valence-electron chi connectivity index (χ0n) is 23.9. The summed E-state index contributed by atoms with van der Waals surface area (Å²) in [5.74, 6) is 2.55. The van der Waals surface area contributed by atoms with Gasteiger partial charge in [-0.1, -0.05) is 20.3 Å². The van der Waals surface area contributed by atoms with E-state index in [2.05, 4.69) is 20.9 Å². The number of hydrogen-bond donors (Lipinski definition) is 0. The Morgan fingerprint density at radius 3 is 2.49 bits per heavy atom. The average Bonchev–Trinajstić information content (AvgIpc) is 3.46. The Morgan fingerprint density at radius 2 is 1.90 bits per heavy atom. The number of amides is 1. The second-order valence-electron chi connectivity index (χ2n) is 12.0. The summed E-state index contributed by atoms with van der Waals surface area (Å²) in [7, 11) is 1.83. The fourth-order valence-corrected chi connectivity index (χ4v) is 6.34. The smallest absolute Gasteiger partial charge is 0.410 e. The van der Waals surface area contributed by atoms with E-state index in [4.69, 9.17) is 19.4 Å². The minimum atomic E-state index is -0.558. The molecule has 10 heteroatoms. The molecule has 5 heterocycles. The molecule has 2 aromatic rings. The number of nitrogens with zero attached hydrogens (tertiary/aromatic N) is 7. The van der Waals surface area contributed by atoms with Gasteiger partial charge in [-0.3, -0.25) is 0 Å². The lowest BCUT2D eigenvalue weighted by atomic mass is 9.66. The van der Waals surface area contributed by atoms with Crippen LogP contribution < -0.4 is 9.80 Å². The minimum absolute atomic E-state index is 0.0331. The second-order valence-corrected chi connectivity index (χ2v) is 12.0. The van der Waals surface area contributed by atoms with Crippen LogP contribution in [-0.4, -0.2) is 77.5 Å². The van der Waals surface area contributed by atoms with Crippen LogP contribution in [0.1, 0.15) is 65.0 Å². The maximum absolute atomic E-state index is 13.0. The van der Waals surface area contributed by atoms with Crippen LogP contribution in [0.15, 0.2) is 24.7 Å². The van der Waals surface area contributed by atoms with E-state index in [9.17, 15) is 10.1 Å². The van der Waals surface area contributed by atoms with Crippen LogP contribution in [0.25, 0.3) is 0 Å². The van der Waals surface area contributed by atoms with Gasteiger partial charge in [-0.25, -0.2) is 19.7 Å². The molecule has 2 aromatic heterocycles. The van der Waals surface area contributed by atoms with Crippen LogP contribution in [-0.2, 0) is 14.9 Å². The van der Waals surface area contributed by atoms with Crippen molar-refractivity contribution in [1.82, 2.24) is 19.9 Å². The van der Waals surface area contributed by atoms with E-state index in [0.29, 0.717) is 25.3 Å². The Labute approximate surface area is 230 Å². The number of aromatic nitrogens is 3. The van der Waals surface area contributed by atoms with Crippen LogP contribution in [0.5, 0.6) is 0 Å². The number of hydrogen-bond acceptors (Lipinski definition) is 9. The van der Waals surface area contributed by atoms with E-state index in [-0.39, 0.29) is 23.0 Å². The van der Waals surface area contributed by atoms with Gasteiger partial charge in [0.1, 0.15) is 29.4 Å². The summed E-state index contributed by atoms with van der Waals surface area (Å²) in [6, 6.07) is 5.71. The standard InChI is InChI=1S/C27H33N7O3.C2H6/c1-25(2,3)37-24(35)32(4)19-12-33(13-27(19)15-36-16-27)22-21-23(31-17-30-22)34(14-26(21)7-5-8-26)20-10-18(11-28)6-9-29-20;1-2/h6,9-10,17,19H,5,7-8,12-16H2,1-4H3;1-2H3/t19-;/m0./s1. The number of anilines is 3. The van der Waals surface area contributed by atoms with Crippen molar-refractivity contribution in [3.8, 4) is 6.07 Å². The van der Waals surface area contributed by atoms with Gasteiger partial charge in [0, 0.05) is 43.9 Å². The van der Waals surface area contributed by atoms with Crippen molar-refractivity contribution in [1.29, 1.82) is 5.26 Å². The lowest BCUT2D eigenvalue weighted by molar-refractivity contribution is -0.128. The van der Waals surface area contributed by atoms with Crippen molar-refractivity contribution >= 4 is 23.5 Å². The number of rotatable bonds is 3. The molecule has 0 bridgehead atoms. The number of pyridine rings is 1. The molecule has 10 nitrogen and oxygen atoms in total. The molecule has 1 amide bonds. The van der Waals surface area contributed by atoms with E-state index in [1.54, 1.807) is 23.5 Å². The van der Waals surface area contributed by atoms with Gasteiger partial charge >= 0.3 is 6.09 Å². The van der Waals surface area contributed by atoms with E-state index in [1.165, 1.54) is 5.56 Å². The topological polar surface area (TPSA) is 108 Å². The normalized spacial score (nSPS) is 21.8. The molecule has 0 unspecified atom stereocenters. The summed E-state index contributed by atoms with van der Waals surface area (Å²) in [4.78, 5) is 33.3. The summed E-state index contributed by atoms with van der Waals surface area (Å²) >= 11 is 0. The van der Waals surface area contributed by atoms with Crippen LogP contribution in [0.2, 0.25) is 0 Å². The molecule has 1 aliphatic carbocycles. The first kappa shape index (κ1) is 27.1. The first-order valence-electron chi connectivity index (χ1n) is 13.9. The summed E-state index contributed by atoms with van der Waals surface area (Å²) < 4.78 is 11.4. The van der Waals surface area contributed by atoms with Gasteiger partial charge in [0.25, 0.3) is 0 Å². The molecule has 2 spiro atoms. The molecule has 1 atom stereocenters. The molecule has 3 fully saturated rings. The Morgan fingerprint density at radius 1 is 1.18 bits per heavy atom. The molecule has 1 saturated carbocycles. The maximum Gasteiger partial charge on any atom is 0.410 e. The molecule has 4 aliphatic rings. The number of likely N-dealkylation sites (N-methyl/N-ethyl adjacent to an activating group) is 1. The van der Waals surface area contributed by atoms with Gasteiger partial charge in [-0.15, -0.1) is 0 Å². The van der Waals surface area contributed by atoms with Gasteiger partial charge in [-0.2, -0.15) is 5.26 Å². The van der Waals surface area contributed by atoms with E-state index >= 15 is 0 Å². The Kier molecular flexibility index (Phi) is 6.91. The first-order valence-corrected chi connectivity index (χ1v) is 13.9. The SMILES string of the molecule is CC.CN(C(=O)OC(C)(C)C)[C@H]1CN(c2ncnc3c2C2(CCC2)CN3c2cc(C#N)ccn2)CC12COC2. The van der Waals surface area contributed by atoms with E-state index in [0.717, 1.165) is 49.8 Å². The van der Waals surface area contributed by atoms with Crippen molar-refractivity contribution in [3.63, 3.8) is 0 Å². The molecule has 2 saturated heterocycles. The van der Waals surface area contributed by atoms with Crippen molar-refractivity contribution in [3.05, 3.63) is 35.8 Å². The lowest BCUT2D eigenvalue weighted by Crippen LogP contribution is -2.58. The van der Waals surface area contributed by atoms with Crippen molar-refractivity contribution < 1.29 is 14.3 Å². The third-order valence-corrected chi connectivity index (χ3v) is 8.35. The molecule has 0 radical (unpaired) electrons. The zero-order valence-corrected chi connectivity index (χ0v) is 23.9. The second kappa shape index (κ2) is 9.94. The maximum atomic E-state index is 13.0. The molecule has 208 valence electrons. The Bertz CT molecular complexity index is 1280. The van der Waals surface area contributed by atoms with Gasteiger partial charge in [0.15, 0.2) is 0 Å². The molecule has 3 aliphatic heterocycles. The number of nitriles is 1. The van der Waals surface area contributed by atoms with E-state index < -0.39 is 5.60 Å².